The Hall–Kier alpha value is -7.09. The summed E-state index contributed by atoms with van der Waals surface area (Å²) in [5.74, 6) is 0. The van der Waals surface area contributed by atoms with Crippen molar-refractivity contribution < 1.29 is 19.0 Å². The van der Waals surface area contributed by atoms with Crippen molar-refractivity contribution in [2.75, 3.05) is 42.9 Å². The standard InChI is InChI=1S/C13H16N2O2.C13H15N2O2.C13H17N.C10H11NS.C10H10NS/c1-5-12-13(2,3)10-8-9(15(16)17)6-7-11(10)14(12)4;1-5-11-13(2,3)12-9(14(11)4)7-6-8-10(12)15(16)17;1-5-12-13(2,3)10-8-6-7-9-11(10)14(12)4;2*1-3-10-11(2)8-6-4-5-7-9(8)12-10/h5-8H,1-4H3;5-8H,1H2,2-4H3;5-9H,1-4H3;3-7H,1-2H3;3-7H,1H2,2H3/q;+1;;;+1/b12-5+;;12-5+;10-3-;. The number of nitro groups is 2. The monoisotopic (exact) mass is 1000 g/mol. The number of allylic oxidation sites excluding steroid dienone is 6. The molecule has 0 atom stereocenters. The van der Waals surface area contributed by atoms with Crippen LogP contribution in [-0.2, 0) is 23.3 Å². The van der Waals surface area contributed by atoms with Gasteiger partial charge < -0.3 is 14.7 Å². The molecule has 0 saturated carbocycles. The Kier molecular flexibility index (Phi) is 16.4. The summed E-state index contributed by atoms with van der Waals surface area (Å²) in [4.78, 5) is 29.2. The molecule has 5 aromatic carbocycles. The summed E-state index contributed by atoms with van der Waals surface area (Å²) in [6.45, 7) is 26.5. The van der Waals surface area contributed by atoms with Gasteiger partial charge >= 0.3 is 0 Å². The van der Waals surface area contributed by atoms with E-state index in [1.807, 2.05) is 69.4 Å². The van der Waals surface area contributed by atoms with Gasteiger partial charge in [-0.25, -0.2) is 0 Å². The van der Waals surface area contributed by atoms with Crippen LogP contribution in [0.25, 0.3) is 16.3 Å². The van der Waals surface area contributed by atoms with Gasteiger partial charge in [0.05, 0.1) is 26.0 Å². The van der Waals surface area contributed by atoms with E-state index in [-0.39, 0.29) is 37.5 Å². The molecule has 0 spiro atoms. The van der Waals surface area contributed by atoms with Gasteiger partial charge in [0.25, 0.3) is 16.4 Å². The van der Waals surface area contributed by atoms with Crippen LogP contribution < -0.4 is 19.3 Å². The largest absolute Gasteiger partial charge is 0.347 e. The second-order valence-corrected chi connectivity index (χ2v) is 21.4. The predicted octanol–water partition coefficient (Wildman–Crippen LogP) is 14.8. The molecule has 0 N–H and O–H groups in total. The number of hydrogen-bond acceptors (Lipinski definition) is 9. The highest BCUT2D eigenvalue weighted by molar-refractivity contribution is 8.03. The number of anilines is 3. The highest BCUT2D eigenvalue weighted by Gasteiger charge is 2.47. The topological polar surface area (TPSA) is 103 Å². The molecule has 5 heterocycles. The number of para-hydroxylation sites is 3. The van der Waals surface area contributed by atoms with Gasteiger partial charge in [-0.05, 0) is 88.2 Å². The fourth-order valence-corrected chi connectivity index (χ4v) is 12.6. The van der Waals surface area contributed by atoms with Gasteiger partial charge in [-0.3, -0.25) is 20.2 Å². The number of nitrogens with zero attached hydrogens (tertiary/aromatic N) is 7. The minimum Gasteiger partial charge on any atom is -0.347 e. The first-order chi connectivity index (χ1) is 34.0. The number of aromatic nitrogens is 1. The van der Waals surface area contributed by atoms with Crippen LogP contribution in [0, 0.1) is 20.2 Å². The second kappa shape index (κ2) is 21.7. The summed E-state index contributed by atoms with van der Waals surface area (Å²) in [5.41, 5.74) is 12.6. The Balaban J connectivity index is 0.000000148. The average molecular weight is 1000 g/mol. The van der Waals surface area contributed by atoms with E-state index in [1.54, 1.807) is 41.7 Å². The van der Waals surface area contributed by atoms with Crippen LogP contribution in [0.2, 0.25) is 0 Å². The number of non-ortho nitro benzene ring substituents is 1. The molecule has 0 aliphatic carbocycles. The molecule has 72 heavy (non-hydrogen) atoms. The van der Waals surface area contributed by atoms with Crippen molar-refractivity contribution >= 4 is 79.2 Å². The molecule has 0 unspecified atom stereocenters. The number of nitro benzene ring substituents is 2. The number of rotatable bonds is 4. The van der Waals surface area contributed by atoms with Gasteiger partial charge in [-0.2, -0.15) is 9.14 Å². The summed E-state index contributed by atoms with van der Waals surface area (Å²) >= 11 is 3.60. The molecule has 0 bridgehead atoms. The second-order valence-electron chi connectivity index (χ2n) is 19.3. The number of likely N-dealkylation sites (N-methyl/N-ethyl adjacent to an activating group) is 2. The normalized spacial score (nSPS) is 17.6. The highest BCUT2D eigenvalue weighted by atomic mass is 32.2. The van der Waals surface area contributed by atoms with E-state index >= 15 is 0 Å². The van der Waals surface area contributed by atoms with E-state index in [0.29, 0.717) is 0 Å². The number of benzene rings is 5. The Labute approximate surface area is 434 Å². The van der Waals surface area contributed by atoms with Crippen LogP contribution in [-0.4, -0.2) is 48.3 Å². The van der Waals surface area contributed by atoms with Gasteiger partial charge in [0.15, 0.2) is 5.71 Å². The molecule has 4 aliphatic rings. The molecule has 0 radical (unpaired) electrons. The molecule has 10 rings (SSSR count). The Morgan fingerprint density at radius 1 is 0.611 bits per heavy atom. The zero-order valence-electron chi connectivity index (χ0n) is 44.3. The molecule has 0 amide bonds. The molecule has 13 heteroatoms. The van der Waals surface area contributed by atoms with Crippen molar-refractivity contribution in [3.05, 3.63) is 205 Å². The first-order valence-electron chi connectivity index (χ1n) is 23.9. The Bertz CT molecular complexity index is 3210. The maximum Gasteiger partial charge on any atom is 0.280 e. The molecule has 6 aromatic rings. The number of thiazole rings is 1. The van der Waals surface area contributed by atoms with Crippen LogP contribution >= 0.6 is 23.1 Å². The SMILES string of the molecule is C/C=C1/N(C)c2ccc([N+](=O)[O-])cc2C1(C)C.C/C=C1/N(C)c2ccccc2C1(C)C.C/C=C1\Sc2ccccc2N1C.C=CC1=[N+](C)c2cccc([N+](=O)[O-])c2C1(C)C.C=Cc1sc2ccccc2[n+]1C. The highest BCUT2D eigenvalue weighted by Crippen LogP contribution is 2.49. The smallest absolute Gasteiger partial charge is 0.280 e. The molecular weight excluding hydrogens is 935 g/mol. The van der Waals surface area contributed by atoms with E-state index in [2.05, 4.69) is 186 Å². The summed E-state index contributed by atoms with van der Waals surface area (Å²) in [7, 11) is 10.2. The lowest BCUT2D eigenvalue weighted by molar-refractivity contribution is -0.642. The van der Waals surface area contributed by atoms with Gasteiger partial charge in [-0.15, -0.1) is 0 Å². The number of fused-ring (bicyclic) bond motifs is 5. The number of thioether (sulfide) groups is 1. The molecular formula is C59H69N7O4S2+2. The average Bonchev–Trinajstić information content (AvgIpc) is 4.05. The van der Waals surface area contributed by atoms with Crippen LogP contribution in [0.4, 0.5) is 34.1 Å². The fraction of sp³-hybridized carbons (Fsp3) is 0.288. The molecule has 1 aromatic heterocycles. The van der Waals surface area contributed by atoms with Gasteiger partial charge in [-0.1, -0.05) is 125 Å². The van der Waals surface area contributed by atoms with E-state index in [4.69, 9.17) is 0 Å². The summed E-state index contributed by atoms with van der Waals surface area (Å²) < 4.78 is 5.44. The van der Waals surface area contributed by atoms with E-state index in [1.165, 1.54) is 53.5 Å². The third kappa shape index (κ3) is 10.0. The minimum atomic E-state index is -0.379. The van der Waals surface area contributed by atoms with Crippen molar-refractivity contribution in [1.82, 2.24) is 0 Å². The lowest BCUT2D eigenvalue weighted by Gasteiger charge is -2.23. The quantitative estimate of drug-likeness (QED) is 0.0977. The number of hydrogen-bond donors (Lipinski definition) is 0. The van der Waals surface area contributed by atoms with Crippen molar-refractivity contribution in [1.29, 1.82) is 0 Å². The summed E-state index contributed by atoms with van der Waals surface area (Å²) in [6.07, 6.45) is 10.1. The predicted molar refractivity (Wildman–Crippen MR) is 305 cm³/mol. The molecule has 374 valence electrons. The third-order valence-corrected chi connectivity index (χ3v) is 16.6. The zero-order chi connectivity index (χ0) is 53.0. The van der Waals surface area contributed by atoms with Crippen molar-refractivity contribution in [3.63, 3.8) is 0 Å². The van der Waals surface area contributed by atoms with Gasteiger partial charge in [0.2, 0.25) is 11.2 Å². The van der Waals surface area contributed by atoms with Crippen LogP contribution in [0.1, 0.15) is 84.0 Å². The van der Waals surface area contributed by atoms with E-state index < -0.39 is 0 Å². The Morgan fingerprint density at radius 2 is 1.18 bits per heavy atom. The van der Waals surface area contributed by atoms with Crippen LogP contribution in [0.15, 0.2) is 168 Å². The molecule has 0 fully saturated rings. The summed E-state index contributed by atoms with van der Waals surface area (Å²) in [6, 6.07) is 35.7. The molecule has 11 nitrogen and oxygen atoms in total. The maximum atomic E-state index is 11.1. The summed E-state index contributed by atoms with van der Waals surface area (Å²) in [5, 5.41) is 24.4. The first kappa shape index (κ1) is 54.2. The van der Waals surface area contributed by atoms with Crippen molar-refractivity contribution in [2.24, 2.45) is 7.05 Å². The van der Waals surface area contributed by atoms with Gasteiger partial charge in [0, 0.05) is 96.0 Å². The zero-order valence-corrected chi connectivity index (χ0v) is 45.9. The lowest BCUT2D eigenvalue weighted by atomic mass is 9.80. The van der Waals surface area contributed by atoms with E-state index in [9.17, 15) is 20.2 Å². The fourth-order valence-electron chi connectivity index (χ4n) is 10.5. The van der Waals surface area contributed by atoms with E-state index in [0.717, 1.165) is 28.2 Å². The third-order valence-electron chi connectivity index (χ3n) is 14.1. The first-order valence-corrected chi connectivity index (χ1v) is 25.6. The van der Waals surface area contributed by atoms with Gasteiger partial charge in [0.1, 0.15) is 24.4 Å². The minimum absolute atomic E-state index is 0.153. The van der Waals surface area contributed by atoms with Crippen molar-refractivity contribution in [3.8, 4) is 0 Å². The molecule has 0 saturated heterocycles. The van der Waals surface area contributed by atoms with Crippen LogP contribution in [0.5, 0.6) is 0 Å². The van der Waals surface area contributed by atoms with Crippen LogP contribution in [0.3, 0.4) is 0 Å². The number of aryl methyl sites for hydroxylation is 1. The van der Waals surface area contributed by atoms with Crippen molar-refractivity contribution in [2.45, 2.75) is 83.5 Å². The maximum absolute atomic E-state index is 11.1. The lowest BCUT2D eigenvalue weighted by Crippen LogP contribution is -2.28. The Morgan fingerprint density at radius 3 is 1.72 bits per heavy atom. The molecule has 4 aliphatic heterocycles.